The third-order valence-electron chi connectivity index (χ3n) is 2.30. The second kappa shape index (κ2) is 5.71. The number of aromatic amines is 1. The fourth-order valence-corrected chi connectivity index (χ4v) is 1.41. The number of hydrogen-bond donors (Lipinski definition) is 2. The highest BCUT2D eigenvalue weighted by molar-refractivity contribution is 5.93. The lowest BCUT2D eigenvalue weighted by Crippen LogP contribution is -2.15. The first-order valence-corrected chi connectivity index (χ1v) is 5.39. The summed E-state index contributed by atoms with van der Waals surface area (Å²) in [7, 11) is 1.31. The lowest BCUT2D eigenvalue weighted by Gasteiger charge is -2.04. The van der Waals surface area contributed by atoms with E-state index < -0.39 is 5.97 Å². The SMILES string of the molecule is COC(=O)c1ccc(NC(=O)Cc2nn[nH]n2)cc1. The molecule has 1 aromatic heterocycles. The molecule has 1 heterocycles. The minimum atomic E-state index is -0.426. The third-order valence-corrected chi connectivity index (χ3v) is 2.30. The molecule has 2 rings (SSSR count). The van der Waals surface area contributed by atoms with E-state index in [2.05, 4.69) is 30.7 Å². The fourth-order valence-electron chi connectivity index (χ4n) is 1.41. The molecule has 8 nitrogen and oxygen atoms in total. The third kappa shape index (κ3) is 3.35. The minimum Gasteiger partial charge on any atom is -0.465 e. The maximum Gasteiger partial charge on any atom is 0.337 e. The Bertz CT molecular complexity index is 565. The van der Waals surface area contributed by atoms with Crippen molar-refractivity contribution in [3.63, 3.8) is 0 Å². The van der Waals surface area contributed by atoms with Gasteiger partial charge in [0.2, 0.25) is 5.91 Å². The maximum absolute atomic E-state index is 11.6. The van der Waals surface area contributed by atoms with Crippen LogP contribution in [0.2, 0.25) is 0 Å². The van der Waals surface area contributed by atoms with Gasteiger partial charge in [-0.15, -0.1) is 10.2 Å². The van der Waals surface area contributed by atoms with Crippen molar-refractivity contribution in [2.75, 3.05) is 12.4 Å². The summed E-state index contributed by atoms with van der Waals surface area (Å²) < 4.78 is 4.57. The van der Waals surface area contributed by atoms with Crippen LogP contribution in [0.4, 0.5) is 5.69 Å². The van der Waals surface area contributed by atoms with Crippen LogP contribution in [0.5, 0.6) is 0 Å². The number of rotatable bonds is 4. The number of anilines is 1. The molecule has 1 aromatic carbocycles. The predicted octanol–water partition coefficient (Wildman–Crippen LogP) is 0.167. The van der Waals surface area contributed by atoms with E-state index in [1.54, 1.807) is 24.3 Å². The standard InChI is InChI=1S/C11H11N5O3/c1-19-11(18)7-2-4-8(5-3-7)12-10(17)6-9-13-15-16-14-9/h2-5H,6H2,1H3,(H,12,17)(H,13,14,15,16). The Labute approximate surface area is 108 Å². The molecule has 0 spiro atoms. The second-order valence-corrected chi connectivity index (χ2v) is 3.62. The minimum absolute atomic E-state index is 0.0231. The Morgan fingerprint density at radius 3 is 2.63 bits per heavy atom. The van der Waals surface area contributed by atoms with Crippen LogP contribution in [0.3, 0.4) is 0 Å². The van der Waals surface area contributed by atoms with Gasteiger partial charge >= 0.3 is 5.97 Å². The number of hydrogen-bond acceptors (Lipinski definition) is 6. The van der Waals surface area contributed by atoms with E-state index in [9.17, 15) is 9.59 Å². The Morgan fingerprint density at radius 1 is 1.32 bits per heavy atom. The molecule has 0 radical (unpaired) electrons. The van der Waals surface area contributed by atoms with E-state index in [-0.39, 0.29) is 12.3 Å². The van der Waals surface area contributed by atoms with E-state index in [0.29, 0.717) is 17.1 Å². The van der Waals surface area contributed by atoms with Gasteiger partial charge in [0.25, 0.3) is 0 Å². The number of nitrogens with zero attached hydrogens (tertiary/aromatic N) is 3. The molecule has 2 aromatic rings. The number of methoxy groups -OCH3 is 1. The Balaban J connectivity index is 1.96. The van der Waals surface area contributed by atoms with Gasteiger partial charge in [-0.3, -0.25) is 4.79 Å². The molecule has 0 aliphatic carbocycles. The molecule has 98 valence electrons. The Kier molecular flexibility index (Phi) is 3.81. The van der Waals surface area contributed by atoms with Crippen molar-refractivity contribution in [3.05, 3.63) is 35.7 Å². The lowest BCUT2D eigenvalue weighted by molar-refractivity contribution is -0.115. The predicted molar refractivity (Wildman–Crippen MR) is 64.3 cm³/mol. The van der Waals surface area contributed by atoms with Crippen LogP contribution >= 0.6 is 0 Å². The van der Waals surface area contributed by atoms with Crippen molar-refractivity contribution in [2.24, 2.45) is 0 Å². The number of carbonyl (C=O) groups is 2. The van der Waals surface area contributed by atoms with Crippen LogP contribution in [0.1, 0.15) is 16.2 Å². The monoisotopic (exact) mass is 261 g/mol. The summed E-state index contributed by atoms with van der Waals surface area (Å²) in [6.45, 7) is 0. The summed E-state index contributed by atoms with van der Waals surface area (Å²) in [6, 6.07) is 6.35. The topological polar surface area (TPSA) is 110 Å². The summed E-state index contributed by atoms with van der Waals surface area (Å²) in [4.78, 5) is 22.9. The van der Waals surface area contributed by atoms with E-state index >= 15 is 0 Å². The average Bonchev–Trinajstić information content (AvgIpc) is 2.91. The molecule has 0 atom stereocenters. The summed E-state index contributed by atoms with van der Waals surface area (Å²) in [6.07, 6.45) is 0.0231. The summed E-state index contributed by atoms with van der Waals surface area (Å²) in [5.41, 5.74) is 0.986. The van der Waals surface area contributed by atoms with Crippen LogP contribution in [0, 0.1) is 0 Å². The molecule has 0 fully saturated rings. The number of H-pyrrole nitrogens is 1. The molecular weight excluding hydrogens is 250 g/mol. The van der Waals surface area contributed by atoms with Gasteiger partial charge in [0.15, 0.2) is 5.82 Å². The number of esters is 1. The zero-order chi connectivity index (χ0) is 13.7. The fraction of sp³-hybridized carbons (Fsp3) is 0.182. The van der Waals surface area contributed by atoms with Gasteiger partial charge in [-0.25, -0.2) is 4.79 Å². The number of tetrazole rings is 1. The van der Waals surface area contributed by atoms with Gasteiger partial charge in [-0.2, -0.15) is 5.21 Å². The van der Waals surface area contributed by atoms with Crippen molar-refractivity contribution in [2.45, 2.75) is 6.42 Å². The molecule has 0 saturated heterocycles. The molecule has 0 bridgehead atoms. The van der Waals surface area contributed by atoms with Crippen molar-refractivity contribution in [3.8, 4) is 0 Å². The molecule has 19 heavy (non-hydrogen) atoms. The zero-order valence-corrected chi connectivity index (χ0v) is 10.1. The van der Waals surface area contributed by atoms with Crippen molar-refractivity contribution in [1.29, 1.82) is 0 Å². The van der Waals surface area contributed by atoms with Gasteiger partial charge in [-0.05, 0) is 24.3 Å². The van der Waals surface area contributed by atoms with Crippen LogP contribution < -0.4 is 5.32 Å². The first kappa shape index (κ1) is 12.7. The maximum atomic E-state index is 11.6. The molecule has 0 unspecified atom stereocenters. The quantitative estimate of drug-likeness (QED) is 0.759. The van der Waals surface area contributed by atoms with Crippen molar-refractivity contribution < 1.29 is 14.3 Å². The van der Waals surface area contributed by atoms with E-state index in [1.807, 2.05) is 0 Å². The molecular formula is C11H11N5O3. The van der Waals surface area contributed by atoms with E-state index in [1.165, 1.54) is 7.11 Å². The zero-order valence-electron chi connectivity index (χ0n) is 10.1. The number of amides is 1. The van der Waals surface area contributed by atoms with Crippen LogP contribution in [-0.4, -0.2) is 39.6 Å². The molecule has 2 N–H and O–H groups in total. The van der Waals surface area contributed by atoms with Crippen molar-refractivity contribution in [1.82, 2.24) is 20.6 Å². The highest BCUT2D eigenvalue weighted by Gasteiger charge is 2.09. The number of benzene rings is 1. The summed E-state index contributed by atoms with van der Waals surface area (Å²) >= 11 is 0. The van der Waals surface area contributed by atoms with Crippen LogP contribution in [0.15, 0.2) is 24.3 Å². The highest BCUT2D eigenvalue weighted by Crippen LogP contribution is 2.10. The van der Waals surface area contributed by atoms with Gasteiger partial charge in [0.1, 0.15) is 0 Å². The average molecular weight is 261 g/mol. The van der Waals surface area contributed by atoms with Crippen molar-refractivity contribution >= 4 is 17.6 Å². The molecule has 0 aliphatic heterocycles. The van der Waals surface area contributed by atoms with Gasteiger partial charge in [0, 0.05) is 5.69 Å². The van der Waals surface area contributed by atoms with Crippen LogP contribution in [-0.2, 0) is 16.0 Å². The normalized spacial score (nSPS) is 9.95. The van der Waals surface area contributed by atoms with E-state index in [4.69, 9.17) is 0 Å². The smallest absolute Gasteiger partial charge is 0.337 e. The van der Waals surface area contributed by atoms with Crippen LogP contribution in [0.25, 0.3) is 0 Å². The number of carbonyl (C=O) groups excluding carboxylic acids is 2. The Morgan fingerprint density at radius 2 is 2.05 bits per heavy atom. The first-order chi connectivity index (χ1) is 9.19. The van der Waals surface area contributed by atoms with Gasteiger partial charge < -0.3 is 10.1 Å². The molecule has 0 saturated carbocycles. The highest BCUT2D eigenvalue weighted by atomic mass is 16.5. The molecule has 0 aliphatic rings. The largest absolute Gasteiger partial charge is 0.465 e. The summed E-state index contributed by atoms with van der Waals surface area (Å²) in [5, 5.41) is 15.6. The van der Waals surface area contributed by atoms with Gasteiger partial charge in [0.05, 0.1) is 19.1 Å². The molecule has 1 amide bonds. The Hall–Kier alpha value is -2.77. The second-order valence-electron chi connectivity index (χ2n) is 3.62. The number of aromatic nitrogens is 4. The summed E-state index contributed by atoms with van der Waals surface area (Å²) in [5.74, 6) is -0.388. The number of ether oxygens (including phenoxy) is 1. The lowest BCUT2D eigenvalue weighted by atomic mass is 10.2. The number of nitrogens with one attached hydrogen (secondary N) is 2. The molecule has 8 heteroatoms. The van der Waals surface area contributed by atoms with E-state index in [0.717, 1.165) is 0 Å². The van der Waals surface area contributed by atoms with Gasteiger partial charge in [-0.1, -0.05) is 5.21 Å². The first-order valence-electron chi connectivity index (χ1n) is 5.39.